The number of aryl methyl sites for hydroxylation is 1. The van der Waals surface area contributed by atoms with E-state index in [0.717, 1.165) is 15.7 Å². The molecule has 0 atom stereocenters. The van der Waals surface area contributed by atoms with Gasteiger partial charge in [-0.3, -0.25) is 9.59 Å². The van der Waals surface area contributed by atoms with Crippen LogP contribution in [-0.2, 0) is 9.59 Å². The second-order valence-corrected chi connectivity index (χ2v) is 6.41. The summed E-state index contributed by atoms with van der Waals surface area (Å²) in [6.45, 7) is 8.46. The Morgan fingerprint density at radius 3 is 2.52 bits per heavy atom. The maximum absolute atomic E-state index is 11.8. The minimum absolute atomic E-state index is 0.0265. The number of carbonyl (C=O) groups excluding carboxylic acids is 2. The van der Waals surface area contributed by atoms with E-state index in [-0.39, 0.29) is 11.8 Å². The van der Waals surface area contributed by atoms with E-state index in [2.05, 4.69) is 21.2 Å². The zero-order valence-corrected chi connectivity index (χ0v) is 14.7. The van der Waals surface area contributed by atoms with Crippen molar-refractivity contribution in [3.8, 4) is 0 Å². The van der Waals surface area contributed by atoms with Gasteiger partial charge >= 0.3 is 0 Å². The van der Waals surface area contributed by atoms with Crippen molar-refractivity contribution in [3.63, 3.8) is 0 Å². The fraction of sp³-hybridized carbons (Fsp3) is 0.500. The van der Waals surface area contributed by atoms with Gasteiger partial charge in [0, 0.05) is 36.6 Å². The molecule has 0 unspecified atom stereocenters. The maximum atomic E-state index is 11.8. The summed E-state index contributed by atoms with van der Waals surface area (Å²) >= 11 is 3.47. The van der Waals surface area contributed by atoms with Gasteiger partial charge in [0.2, 0.25) is 11.8 Å². The van der Waals surface area contributed by atoms with Crippen LogP contribution in [0.25, 0.3) is 0 Å². The zero-order valence-electron chi connectivity index (χ0n) is 13.1. The summed E-state index contributed by atoms with van der Waals surface area (Å²) in [5.74, 6) is 0.324. The summed E-state index contributed by atoms with van der Waals surface area (Å²) in [7, 11) is 0. The molecule has 0 bridgehead atoms. The Kier molecular flexibility index (Phi) is 6.89. The average molecular weight is 355 g/mol. The molecule has 1 rings (SSSR count). The van der Waals surface area contributed by atoms with Crippen molar-refractivity contribution in [1.82, 2.24) is 5.32 Å². The number of anilines is 1. The number of rotatable bonds is 6. The number of nitrogens with zero attached hydrogens (tertiary/aromatic N) is 1. The van der Waals surface area contributed by atoms with Crippen LogP contribution >= 0.6 is 15.9 Å². The van der Waals surface area contributed by atoms with Gasteiger partial charge in [-0.15, -0.1) is 0 Å². The molecule has 0 heterocycles. The molecule has 1 N–H and O–H groups in total. The van der Waals surface area contributed by atoms with Gasteiger partial charge in [0.15, 0.2) is 0 Å². The molecule has 0 fully saturated rings. The SMILES string of the molecule is CC(=O)N(CCNC(=O)CC(C)C)c1ccc(C)c(Br)c1. The first-order valence-corrected chi connectivity index (χ1v) is 7.91. The molecular formula is C16H23BrN2O2. The lowest BCUT2D eigenvalue weighted by molar-refractivity contribution is -0.122. The first-order valence-electron chi connectivity index (χ1n) is 7.12. The van der Waals surface area contributed by atoms with E-state index in [4.69, 9.17) is 0 Å². The van der Waals surface area contributed by atoms with E-state index in [1.54, 1.807) is 4.90 Å². The topological polar surface area (TPSA) is 49.4 Å². The van der Waals surface area contributed by atoms with E-state index in [1.165, 1.54) is 6.92 Å². The Hall–Kier alpha value is -1.36. The van der Waals surface area contributed by atoms with Crippen LogP contribution in [0.5, 0.6) is 0 Å². The molecular weight excluding hydrogens is 332 g/mol. The molecule has 2 amide bonds. The van der Waals surface area contributed by atoms with Crippen molar-refractivity contribution in [1.29, 1.82) is 0 Å². The first kappa shape index (κ1) is 17.7. The zero-order chi connectivity index (χ0) is 16.0. The highest BCUT2D eigenvalue weighted by molar-refractivity contribution is 9.10. The second-order valence-electron chi connectivity index (χ2n) is 5.55. The Labute approximate surface area is 135 Å². The second kappa shape index (κ2) is 8.17. The van der Waals surface area contributed by atoms with Gasteiger partial charge in [0.25, 0.3) is 0 Å². The van der Waals surface area contributed by atoms with Crippen LogP contribution in [-0.4, -0.2) is 24.9 Å². The van der Waals surface area contributed by atoms with Gasteiger partial charge < -0.3 is 10.2 Å². The number of nitrogens with one attached hydrogen (secondary N) is 1. The molecule has 0 saturated heterocycles. The predicted octanol–water partition coefficient (Wildman–Crippen LogP) is 3.27. The van der Waals surface area contributed by atoms with E-state index in [0.29, 0.717) is 25.4 Å². The minimum Gasteiger partial charge on any atom is -0.354 e. The lowest BCUT2D eigenvalue weighted by Gasteiger charge is -2.22. The number of amides is 2. The summed E-state index contributed by atoms with van der Waals surface area (Å²) in [6.07, 6.45) is 0.510. The van der Waals surface area contributed by atoms with Crippen LogP contribution in [0.3, 0.4) is 0 Å². The summed E-state index contributed by atoms with van der Waals surface area (Å²) < 4.78 is 0.968. The van der Waals surface area contributed by atoms with Gasteiger partial charge in [-0.2, -0.15) is 0 Å². The number of halogens is 1. The fourth-order valence-electron chi connectivity index (χ4n) is 1.97. The molecule has 4 nitrogen and oxygen atoms in total. The third-order valence-corrected chi connectivity index (χ3v) is 3.95. The van der Waals surface area contributed by atoms with E-state index < -0.39 is 0 Å². The predicted molar refractivity (Wildman–Crippen MR) is 89.4 cm³/mol. The fourth-order valence-corrected chi connectivity index (χ4v) is 2.33. The van der Waals surface area contributed by atoms with Crippen molar-refractivity contribution in [2.45, 2.75) is 34.1 Å². The van der Waals surface area contributed by atoms with Crippen LogP contribution in [0.2, 0.25) is 0 Å². The highest BCUT2D eigenvalue weighted by Crippen LogP contribution is 2.23. The van der Waals surface area contributed by atoms with Gasteiger partial charge in [0.1, 0.15) is 0 Å². The summed E-state index contributed by atoms with van der Waals surface area (Å²) in [4.78, 5) is 25.1. The van der Waals surface area contributed by atoms with Gasteiger partial charge in [-0.25, -0.2) is 0 Å². The molecule has 21 heavy (non-hydrogen) atoms. The monoisotopic (exact) mass is 354 g/mol. The summed E-state index contributed by atoms with van der Waals surface area (Å²) in [5, 5.41) is 2.85. The van der Waals surface area contributed by atoms with Gasteiger partial charge in [-0.05, 0) is 30.5 Å². The van der Waals surface area contributed by atoms with Crippen LogP contribution in [0.1, 0.15) is 32.8 Å². The molecule has 1 aromatic carbocycles. The molecule has 0 spiro atoms. The third-order valence-electron chi connectivity index (χ3n) is 3.10. The number of carbonyl (C=O) groups is 2. The van der Waals surface area contributed by atoms with Crippen molar-refractivity contribution in [2.75, 3.05) is 18.0 Å². The molecule has 1 aromatic rings. The molecule has 0 radical (unpaired) electrons. The Bertz CT molecular complexity index is 515. The summed E-state index contributed by atoms with van der Waals surface area (Å²) in [5.41, 5.74) is 1.95. The van der Waals surface area contributed by atoms with Crippen LogP contribution in [0, 0.1) is 12.8 Å². The van der Waals surface area contributed by atoms with Crippen molar-refractivity contribution >= 4 is 33.4 Å². The quantitative estimate of drug-likeness (QED) is 0.852. The van der Waals surface area contributed by atoms with Crippen LogP contribution in [0.15, 0.2) is 22.7 Å². The van der Waals surface area contributed by atoms with E-state index in [9.17, 15) is 9.59 Å². The number of benzene rings is 1. The van der Waals surface area contributed by atoms with Crippen molar-refractivity contribution < 1.29 is 9.59 Å². The number of hydrogen-bond acceptors (Lipinski definition) is 2. The largest absolute Gasteiger partial charge is 0.354 e. The first-order chi connectivity index (χ1) is 9.81. The van der Waals surface area contributed by atoms with Gasteiger partial charge in [-0.1, -0.05) is 35.8 Å². The standard InChI is InChI=1S/C16H23BrN2O2/c1-11(2)9-16(21)18-7-8-19(13(4)20)14-6-5-12(3)15(17)10-14/h5-6,10-11H,7-9H2,1-4H3,(H,18,21). The van der Waals surface area contributed by atoms with E-state index >= 15 is 0 Å². The molecule has 0 aromatic heterocycles. The lowest BCUT2D eigenvalue weighted by Crippen LogP contribution is -2.37. The molecule has 116 valence electrons. The average Bonchev–Trinajstić information content (AvgIpc) is 2.37. The van der Waals surface area contributed by atoms with Crippen molar-refractivity contribution in [3.05, 3.63) is 28.2 Å². The van der Waals surface area contributed by atoms with E-state index in [1.807, 2.05) is 39.0 Å². The van der Waals surface area contributed by atoms with Crippen molar-refractivity contribution in [2.24, 2.45) is 5.92 Å². The minimum atomic E-state index is -0.0381. The smallest absolute Gasteiger partial charge is 0.223 e. The highest BCUT2D eigenvalue weighted by atomic mass is 79.9. The highest BCUT2D eigenvalue weighted by Gasteiger charge is 2.13. The van der Waals surface area contributed by atoms with Gasteiger partial charge in [0.05, 0.1) is 0 Å². The molecule has 0 aliphatic carbocycles. The molecule has 0 aliphatic heterocycles. The van der Waals surface area contributed by atoms with Crippen LogP contribution < -0.4 is 10.2 Å². The lowest BCUT2D eigenvalue weighted by atomic mass is 10.1. The Balaban J connectivity index is 2.64. The maximum Gasteiger partial charge on any atom is 0.223 e. The molecule has 5 heteroatoms. The normalized spacial score (nSPS) is 10.6. The molecule has 0 saturated carbocycles. The van der Waals surface area contributed by atoms with Crippen LogP contribution in [0.4, 0.5) is 5.69 Å². The Morgan fingerprint density at radius 1 is 1.33 bits per heavy atom. The molecule has 0 aliphatic rings. The Morgan fingerprint density at radius 2 is 2.00 bits per heavy atom. The summed E-state index contributed by atoms with van der Waals surface area (Å²) in [6, 6.07) is 5.80. The third kappa shape index (κ3) is 5.87. The number of hydrogen-bond donors (Lipinski definition) is 1.